The largest absolute Gasteiger partial charge is 0.443 e. The predicted molar refractivity (Wildman–Crippen MR) is 87.0 cm³/mol. The van der Waals surface area contributed by atoms with Crippen LogP contribution in [0.4, 0.5) is 0 Å². The highest BCUT2D eigenvalue weighted by Crippen LogP contribution is 2.23. The number of rotatable bonds is 6. The third kappa shape index (κ3) is 3.95. The summed E-state index contributed by atoms with van der Waals surface area (Å²) in [7, 11) is 0. The van der Waals surface area contributed by atoms with Crippen molar-refractivity contribution in [1.29, 1.82) is 0 Å². The molecule has 0 aromatic carbocycles. The number of aromatic nitrogens is 2. The van der Waals surface area contributed by atoms with E-state index in [9.17, 15) is 9.59 Å². The SMILES string of the molecule is O=C(CCn1ccccc1=O)NCc1coc(-c2cccs2)n1. The van der Waals surface area contributed by atoms with Crippen LogP contribution in [0.5, 0.6) is 0 Å². The first-order valence-corrected chi connectivity index (χ1v) is 8.01. The standard InChI is InChI=1S/C16H15N3O3S/c20-14(6-8-19-7-2-1-5-15(19)21)17-10-12-11-22-16(18-12)13-4-3-9-23-13/h1-5,7,9,11H,6,8,10H2,(H,17,20). The Kier molecular flexibility index (Phi) is 4.68. The fraction of sp³-hybridized carbons (Fsp3) is 0.188. The van der Waals surface area contributed by atoms with Gasteiger partial charge in [-0.15, -0.1) is 11.3 Å². The Morgan fingerprint density at radius 1 is 1.30 bits per heavy atom. The molecular weight excluding hydrogens is 314 g/mol. The molecule has 0 fully saturated rings. The average Bonchev–Trinajstić information content (AvgIpc) is 3.23. The van der Waals surface area contributed by atoms with Crippen molar-refractivity contribution in [3.8, 4) is 10.8 Å². The molecule has 0 bridgehead atoms. The lowest BCUT2D eigenvalue weighted by Gasteiger charge is -2.05. The first kappa shape index (κ1) is 15.2. The van der Waals surface area contributed by atoms with Gasteiger partial charge in [0, 0.05) is 25.2 Å². The Labute approximate surface area is 136 Å². The smallest absolute Gasteiger partial charge is 0.250 e. The van der Waals surface area contributed by atoms with Crippen LogP contribution in [0.2, 0.25) is 0 Å². The van der Waals surface area contributed by atoms with Crippen LogP contribution in [-0.2, 0) is 17.9 Å². The molecule has 0 unspecified atom stereocenters. The van der Waals surface area contributed by atoms with E-state index < -0.39 is 0 Å². The molecule has 23 heavy (non-hydrogen) atoms. The molecule has 3 rings (SSSR count). The Morgan fingerprint density at radius 3 is 3.00 bits per heavy atom. The fourth-order valence-electron chi connectivity index (χ4n) is 2.05. The van der Waals surface area contributed by atoms with Gasteiger partial charge < -0.3 is 14.3 Å². The number of pyridine rings is 1. The second-order valence-electron chi connectivity index (χ2n) is 4.88. The summed E-state index contributed by atoms with van der Waals surface area (Å²) in [6.45, 7) is 0.655. The second-order valence-corrected chi connectivity index (χ2v) is 5.83. The lowest BCUT2D eigenvalue weighted by atomic mass is 10.3. The van der Waals surface area contributed by atoms with Crippen molar-refractivity contribution in [2.75, 3.05) is 0 Å². The van der Waals surface area contributed by atoms with Gasteiger partial charge in [-0.05, 0) is 17.5 Å². The van der Waals surface area contributed by atoms with Crippen LogP contribution in [0.25, 0.3) is 10.8 Å². The number of oxazole rings is 1. The quantitative estimate of drug-likeness (QED) is 0.752. The zero-order valence-electron chi connectivity index (χ0n) is 12.3. The summed E-state index contributed by atoms with van der Waals surface area (Å²) in [6.07, 6.45) is 3.44. The lowest BCUT2D eigenvalue weighted by molar-refractivity contribution is -0.121. The van der Waals surface area contributed by atoms with Crippen molar-refractivity contribution >= 4 is 17.2 Å². The Hall–Kier alpha value is -2.67. The average molecular weight is 329 g/mol. The minimum absolute atomic E-state index is 0.114. The Bertz CT molecular complexity index is 836. The number of nitrogens with zero attached hydrogens (tertiary/aromatic N) is 2. The number of aryl methyl sites for hydroxylation is 1. The molecule has 1 N–H and O–H groups in total. The molecule has 0 aliphatic rings. The van der Waals surface area contributed by atoms with Gasteiger partial charge in [0.1, 0.15) is 6.26 Å². The lowest BCUT2D eigenvalue weighted by Crippen LogP contribution is -2.26. The van der Waals surface area contributed by atoms with E-state index in [-0.39, 0.29) is 17.9 Å². The van der Waals surface area contributed by atoms with E-state index in [0.29, 0.717) is 24.7 Å². The van der Waals surface area contributed by atoms with Crippen molar-refractivity contribution in [3.05, 3.63) is 64.2 Å². The number of nitrogens with one attached hydrogen (secondary N) is 1. The number of thiophene rings is 1. The van der Waals surface area contributed by atoms with E-state index in [1.807, 2.05) is 17.5 Å². The van der Waals surface area contributed by atoms with E-state index >= 15 is 0 Å². The van der Waals surface area contributed by atoms with Crippen LogP contribution in [0.3, 0.4) is 0 Å². The molecule has 0 spiro atoms. The number of hydrogen-bond donors (Lipinski definition) is 1. The molecule has 0 atom stereocenters. The molecule has 0 radical (unpaired) electrons. The van der Waals surface area contributed by atoms with Gasteiger partial charge >= 0.3 is 0 Å². The molecule has 6 nitrogen and oxygen atoms in total. The van der Waals surface area contributed by atoms with Crippen LogP contribution >= 0.6 is 11.3 Å². The monoisotopic (exact) mass is 329 g/mol. The second kappa shape index (κ2) is 7.06. The van der Waals surface area contributed by atoms with Crippen LogP contribution in [-0.4, -0.2) is 15.5 Å². The van der Waals surface area contributed by atoms with E-state index in [1.165, 1.54) is 16.9 Å². The summed E-state index contributed by atoms with van der Waals surface area (Å²) in [6, 6.07) is 8.77. The molecule has 3 heterocycles. The zero-order chi connectivity index (χ0) is 16.1. The highest BCUT2D eigenvalue weighted by Gasteiger charge is 2.09. The van der Waals surface area contributed by atoms with Gasteiger partial charge in [0.05, 0.1) is 17.1 Å². The fourth-order valence-corrected chi connectivity index (χ4v) is 2.70. The van der Waals surface area contributed by atoms with Gasteiger partial charge in [-0.1, -0.05) is 12.1 Å². The molecule has 3 aromatic rings. The van der Waals surface area contributed by atoms with Crippen molar-refractivity contribution in [3.63, 3.8) is 0 Å². The topological polar surface area (TPSA) is 77.1 Å². The molecular formula is C16H15N3O3S. The number of amides is 1. The maximum Gasteiger partial charge on any atom is 0.250 e. The minimum atomic E-state index is -0.138. The Balaban J connectivity index is 1.49. The third-order valence-electron chi connectivity index (χ3n) is 3.23. The van der Waals surface area contributed by atoms with Gasteiger partial charge in [0.15, 0.2) is 0 Å². The third-order valence-corrected chi connectivity index (χ3v) is 4.09. The number of carbonyl (C=O) groups excluding carboxylic acids is 1. The molecule has 0 saturated heterocycles. The Morgan fingerprint density at radius 2 is 2.22 bits per heavy atom. The maximum atomic E-state index is 11.9. The van der Waals surface area contributed by atoms with Gasteiger partial charge in [-0.2, -0.15) is 0 Å². The summed E-state index contributed by atoms with van der Waals surface area (Å²) in [5, 5.41) is 4.72. The molecule has 0 saturated carbocycles. The highest BCUT2D eigenvalue weighted by molar-refractivity contribution is 7.13. The number of carbonyl (C=O) groups is 1. The molecule has 0 aliphatic carbocycles. The summed E-state index contributed by atoms with van der Waals surface area (Å²) < 4.78 is 6.89. The van der Waals surface area contributed by atoms with Crippen molar-refractivity contribution in [1.82, 2.24) is 14.9 Å². The summed E-state index contributed by atoms with van der Waals surface area (Å²) in [4.78, 5) is 28.7. The highest BCUT2D eigenvalue weighted by atomic mass is 32.1. The van der Waals surface area contributed by atoms with Crippen LogP contribution in [0.1, 0.15) is 12.1 Å². The summed E-state index contributed by atoms with van der Waals surface area (Å²) >= 11 is 1.54. The minimum Gasteiger partial charge on any atom is -0.443 e. The van der Waals surface area contributed by atoms with E-state index in [4.69, 9.17) is 4.42 Å². The number of hydrogen-bond acceptors (Lipinski definition) is 5. The van der Waals surface area contributed by atoms with Gasteiger partial charge in [-0.25, -0.2) is 4.98 Å². The van der Waals surface area contributed by atoms with Gasteiger partial charge in [0.2, 0.25) is 11.8 Å². The summed E-state index contributed by atoms with van der Waals surface area (Å²) in [5.74, 6) is 0.418. The van der Waals surface area contributed by atoms with E-state index in [2.05, 4.69) is 10.3 Å². The van der Waals surface area contributed by atoms with E-state index in [1.54, 1.807) is 29.7 Å². The van der Waals surface area contributed by atoms with Crippen LogP contribution < -0.4 is 10.9 Å². The first-order chi connectivity index (χ1) is 11.2. The van der Waals surface area contributed by atoms with Crippen LogP contribution in [0, 0.1) is 0 Å². The van der Waals surface area contributed by atoms with Crippen LogP contribution in [0.15, 0.2) is 57.4 Å². The maximum absolute atomic E-state index is 11.9. The van der Waals surface area contributed by atoms with Gasteiger partial charge in [-0.3, -0.25) is 9.59 Å². The van der Waals surface area contributed by atoms with E-state index in [0.717, 1.165) is 4.88 Å². The van der Waals surface area contributed by atoms with Gasteiger partial charge in [0.25, 0.3) is 5.56 Å². The normalized spacial score (nSPS) is 10.6. The van der Waals surface area contributed by atoms with Crippen molar-refractivity contribution in [2.24, 2.45) is 0 Å². The molecule has 3 aromatic heterocycles. The van der Waals surface area contributed by atoms with Crippen molar-refractivity contribution < 1.29 is 9.21 Å². The summed E-state index contributed by atoms with van der Waals surface area (Å²) in [5.41, 5.74) is 0.552. The molecule has 118 valence electrons. The molecule has 1 amide bonds. The molecule has 7 heteroatoms. The molecule has 0 aliphatic heterocycles. The predicted octanol–water partition coefficient (Wildman–Crippen LogP) is 2.27. The first-order valence-electron chi connectivity index (χ1n) is 7.13. The zero-order valence-corrected chi connectivity index (χ0v) is 13.1. The van der Waals surface area contributed by atoms with Crippen molar-refractivity contribution in [2.45, 2.75) is 19.5 Å².